The topological polar surface area (TPSA) is 69.7 Å². The number of hydrogen-bond donors (Lipinski definition) is 1. The van der Waals surface area contributed by atoms with E-state index in [-0.39, 0.29) is 18.4 Å². The van der Waals surface area contributed by atoms with Crippen molar-refractivity contribution in [3.8, 4) is 0 Å². The fourth-order valence-corrected chi connectivity index (χ4v) is 2.39. The summed E-state index contributed by atoms with van der Waals surface area (Å²) < 4.78 is 0. The molecule has 20 heavy (non-hydrogen) atoms. The molecular formula is C14H23N3O3. The van der Waals surface area contributed by atoms with E-state index < -0.39 is 11.7 Å². The van der Waals surface area contributed by atoms with Crippen LogP contribution in [0, 0.1) is 5.92 Å². The molecule has 0 spiro atoms. The smallest absolute Gasteiger partial charge is 0.288 e. The minimum Gasteiger partial charge on any atom is -0.340 e. The van der Waals surface area contributed by atoms with Gasteiger partial charge in [0.05, 0.1) is 6.54 Å². The van der Waals surface area contributed by atoms with Crippen molar-refractivity contribution in [2.45, 2.75) is 32.7 Å². The predicted octanol–water partition coefficient (Wildman–Crippen LogP) is -0.366. The molecule has 6 nitrogen and oxygen atoms in total. The Morgan fingerprint density at radius 1 is 1.10 bits per heavy atom. The molecule has 1 saturated heterocycles. The molecule has 112 valence electrons. The van der Waals surface area contributed by atoms with Crippen LogP contribution in [-0.4, -0.2) is 66.2 Å². The largest absolute Gasteiger partial charge is 0.340 e. The summed E-state index contributed by atoms with van der Waals surface area (Å²) in [7, 11) is 0. The lowest BCUT2D eigenvalue weighted by Crippen LogP contribution is -2.52. The molecule has 1 saturated carbocycles. The monoisotopic (exact) mass is 281 g/mol. The molecule has 0 aromatic carbocycles. The highest BCUT2D eigenvalue weighted by Crippen LogP contribution is 2.27. The van der Waals surface area contributed by atoms with Gasteiger partial charge in [-0.3, -0.25) is 19.3 Å². The van der Waals surface area contributed by atoms with Crippen LogP contribution in [0.3, 0.4) is 0 Å². The molecule has 0 radical (unpaired) electrons. The molecule has 1 heterocycles. The third-order valence-corrected chi connectivity index (χ3v) is 3.88. The lowest BCUT2D eigenvalue weighted by atomic mass is 10.1. The molecule has 0 aromatic rings. The highest BCUT2D eigenvalue weighted by Gasteiger charge is 2.32. The van der Waals surface area contributed by atoms with Gasteiger partial charge < -0.3 is 10.2 Å². The summed E-state index contributed by atoms with van der Waals surface area (Å²) in [6.45, 7) is 6.50. The number of rotatable bonds is 5. The Kier molecular flexibility index (Phi) is 4.75. The third-order valence-electron chi connectivity index (χ3n) is 3.88. The van der Waals surface area contributed by atoms with Gasteiger partial charge in [0.2, 0.25) is 11.7 Å². The van der Waals surface area contributed by atoms with Crippen LogP contribution >= 0.6 is 0 Å². The first-order valence-corrected chi connectivity index (χ1v) is 7.33. The molecule has 6 heteroatoms. The molecule has 0 aromatic heterocycles. The van der Waals surface area contributed by atoms with Gasteiger partial charge in [-0.2, -0.15) is 0 Å². The average Bonchev–Trinajstić information content (AvgIpc) is 3.28. The maximum atomic E-state index is 12.0. The quantitative estimate of drug-likeness (QED) is 0.698. The number of amides is 2. The second kappa shape index (κ2) is 6.35. The molecule has 1 aliphatic carbocycles. The van der Waals surface area contributed by atoms with Crippen molar-refractivity contribution < 1.29 is 14.4 Å². The highest BCUT2D eigenvalue weighted by molar-refractivity contribution is 6.37. The van der Waals surface area contributed by atoms with Crippen LogP contribution in [0.1, 0.15) is 26.7 Å². The number of hydrogen-bond acceptors (Lipinski definition) is 4. The Bertz CT molecular complexity index is 396. The van der Waals surface area contributed by atoms with Crippen molar-refractivity contribution in [3.63, 3.8) is 0 Å². The van der Waals surface area contributed by atoms with Crippen molar-refractivity contribution in [1.29, 1.82) is 0 Å². The maximum Gasteiger partial charge on any atom is 0.288 e. The summed E-state index contributed by atoms with van der Waals surface area (Å²) in [4.78, 5) is 39.0. The summed E-state index contributed by atoms with van der Waals surface area (Å²) in [6, 6.07) is 0.732. The minimum absolute atomic E-state index is 0.0826. The van der Waals surface area contributed by atoms with Crippen LogP contribution < -0.4 is 5.32 Å². The molecule has 1 aliphatic heterocycles. The molecule has 2 fully saturated rings. The molecule has 0 atom stereocenters. The van der Waals surface area contributed by atoms with Gasteiger partial charge in [0.25, 0.3) is 5.91 Å². The SMILES string of the molecule is CC(C)C(=O)C(=O)NCC(=O)N1CCN(C2CC2)CC1. The van der Waals surface area contributed by atoms with Crippen molar-refractivity contribution in [3.05, 3.63) is 0 Å². The summed E-state index contributed by atoms with van der Waals surface area (Å²) >= 11 is 0. The van der Waals surface area contributed by atoms with E-state index in [1.54, 1.807) is 18.7 Å². The van der Waals surface area contributed by atoms with Crippen LogP contribution in [0.15, 0.2) is 0 Å². The number of nitrogens with zero attached hydrogens (tertiary/aromatic N) is 2. The summed E-state index contributed by atoms with van der Waals surface area (Å²) in [6.07, 6.45) is 2.56. The van der Waals surface area contributed by atoms with E-state index in [2.05, 4.69) is 10.2 Å². The summed E-state index contributed by atoms with van der Waals surface area (Å²) in [5.74, 6) is -1.58. The highest BCUT2D eigenvalue weighted by atomic mass is 16.2. The van der Waals surface area contributed by atoms with Crippen molar-refractivity contribution in [2.75, 3.05) is 32.7 Å². The molecule has 2 aliphatic rings. The fraction of sp³-hybridized carbons (Fsp3) is 0.786. The normalized spacial score (nSPS) is 20.1. The molecule has 2 amide bonds. The van der Waals surface area contributed by atoms with Crippen LogP contribution in [-0.2, 0) is 14.4 Å². The Labute approximate surface area is 119 Å². The van der Waals surface area contributed by atoms with Gasteiger partial charge in [0.15, 0.2) is 0 Å². The second-order valence-electron chi connectivity index (χ2n) is 5.85. The predicted molar refractivity (Wildman–Crippen MR) is 74.0 cm³/mol. The number of Topliss-reactive ketones (excluding diaryl/α,β-unsaturated/α-hetero) is 1. The Morgan fingerprint density at radius 3 is 2.20 bits per heavy atom. The van der Waals surface area contributed by atoms with Crippen molar-refractivity contribution in [1.82, 2.24) is 15.1 Å². The van der Waals surface area contributed by atoms with Gasteiger partial charge in [-0.25, -0.2) is 0 Å². The first-order valence-electron chi connectivity index (χ1n) is 7.33. The summed E-state index contributed by atoms with van der Waals surface area (Å²) in [5, 5.41) is 2.41. The second-order valence-corrected chi connectivity index (χ2v) is 5.85. The van der Waals surface area contributed by atoms with E-state index in [1.807, 2.05) is 0 Å². The average molecular weight is 281 g/mol. The van der Waals surface area contributed by atoms with Gasteiger partial charge in [-0.05, 0) is 12.8 Å². The van der Waals surface area contributed by atoms with E-state index in [1.165, 1.54) is 12.8 Å². The van der Waals surface area contributed by atoms with Crippen LogP contribution in [0.4, 0.5) is 0 Å². The van der Waals surface area contributed by atoms with E-state index in [0.29, 0.717) is 13.1 Å². The van der Waals surface area contributed by atoms with E-state index in [0.717, 1.165) is 19.1 Å². The zero-order chi connectivity index (χ0) is 14.7. The Hall–Kier alpha value is -1.43. The Morgan fingerprint density at radius 2 is 1.70 bits per heavy atom. The number of nitrogens with one attached hydrogen (secondary N) is 1. The number of carbonyl (C=O) groups excluding carboxylic acids is 3. The molecule has 1 N–H and O–H groups in total. The number of carbonyl (C=O) groups is 3. The maximum absolute atomic E-state index is 12.0. The fourth-order valence-electron chi connectivity index (χ4n) is 2.39. The Balaban J connectivity index is 1.70. The van der Waals surface area contributed by atoms with Gasteiger partial charge >= 0.3 is 0 Å². The van der Waals surface area contributed by atoms with Crippen molar-refractivity contribution >= 4 is 17.6 Å². The lowest BCUT2D eigenvalue weighted by Gasteiger charge is -2.34. The zero-order valence-corrected chi connectivity index (χ0v) is 12.2. The molecule has 0 bridgehead atoms. The molecular weight excluding hydrogens is 258 g/mol. The van der Waals surface area contributed by atoms with Gasteiger partial charge in [-0.15, -0.1) is 0 Å². The minimum atomic E-state index is -0.662. The van der Waals surface area contributed by atoms with Gasteiger partial charge in [0, 0.05) is 38.1 Å². The van der Waals surface area contributed by atoms with Crippen LogP contribution in [0.2, 0.25) is 0 Å². The number of piperazine rings is 1. The van der Waals surface area contributed by atoms with E-state index in [9.17, 15) is 14.4 Å². The first kappa shape index (κ1) is 15.0. The van der Waals surface area contributed by atoms with Crippen LogP contribution in [0.5, 0.6) is 0 Å². The van der Waals surface area contributed by atoms with E-state index >= 15 is 0 Å². The van der Waals surface area contributed by atoms with Gasteiger partial charge in [0.1, 0.15) is 0 Å². The molecule has 0 unspecified atom stereocenters. The first-order chi connectivity index (χ1) is 9.49. The van der Waals surface area contributed by atoms with Crippen LogP contribution in [0.25, 0.3) is 0 Å². The van der Waals surface area contributed by atoms with Crippen molar-refractivity contribution in [2.24, 2.45) is 5.92 Å². The zero-order valence-electron chi connectivity index (χ0n) is 12.2. The standard InChI is InChI=1S/C14H23N3O3/c1-10(2)13(19)14(20)15-9-12(18)17-7-5-16(6-8-17)11-3-4-11/h10-11H,3-9H2,1-2H3,(H,15,20). The molecule has 2 rings (SSSR count). The lowest BCUT2D eigenvalue weighted by molar-refractivity contribution is -0.141. The number of ketones is 1. The van der Waals surface area contributed by atoms with E-state index in [4.69, 9.17) is 0 Å². The van der Waals surface area contributed by atoms with Gasteiger partial charge in [-0.1, -0.05) is 13.8 Å². The third kappa shape index (κ3) is 3.79. The summed E-state index contributed by atoms with van der Waals surface area (Å²) in [5.41, 5.74) is 0.